The molecule has 0 bridgehead atoms. The highest BCUT2D eigenvalue weighted by Crippen LogP contribution is 2.26. The molecule has 1 aromatic rings. The number of likely N-dealkylation sites (tertiary alicyclic amines) is 1. The maximum Gasteiger partial charge on any atom is 0.312 e. The zero-order chi connectivity index (χ0) is 14.0. The first-order valence-corrected chi connectivity index (χ1v) is 6.15. The third-order valence-electron chi connectivity index (χ3n) is 3.00. The van der Waals surface area contributed by atoms with Crippen molar-refractivity contribution in [2.45, 2.75) is 18.9 Å². The average Bonchev–Trinajstić information content (AvgIpc) is 2.36. The molecule has 1 aliphatic rings. The van der Waals surface area contributed by atoms with Crippen molar-refractivity contribution in [1.29, 1.82) is 0 Å². The first-order chi connectivity index (χ1) is 8.97. The smallest absolute Gasteiger partial charge is 0.312 e. The van der Waals surface area contributed by atoms with Crippen molar-refractivity contribution in [3.63, 3.8) is 0 Å². The van der Waals surface area contributed by atoms with Gasteiger partial charge < -0.3 is 10.2 Å². The van der Waals surface area contributed by atoms with Gasteiger partial charge in [-0.3, -0.25) is 14.9 Å². The Morgan fingerprint density at radius 2 is 2.37 bits per heavy atom. The first-order valence-electron chi connectivity index (χ1n) is 5.78. The van der Waals surface area contributed by atoms with Gasteiger partial charge in [-0.1, -0.05) is 11.6 Å². The van der Waals surface area contributed by atoms with E-state index in [9.17, 15) is 14.9 Å². The predicted molar refractivity (Wildman–Crippen MR) is 70.2 cm³/mol. The van der Waals surface area contributed by atoms with Gasteiger partial charge >= 0.3 is 5.69 Å². The van der Waals surface area contributed by atoms with E-state index in [-0.39, 0.29) is 28.5 Å². The molecule has 1 aromatic heterocycles. The molecule has 102 valence electrons. The van der Waals surface area contributed by atoms with Crippen LogP contribution in [0.15, 0.2) is 12.3 Å². The molecule has 0 aromatic carbocycles. The van der Waals surface area contributed by atoms with Crippen molar-refractivity contribution in [3.05, 3.63) is 27.4 Å². The first kappa shape index (κ1) is 13.5. The number of likely N-dealkylation sites (N-methyl/N-ethyl adjacent to an activating group) is 1. The summed E-state index contributed by atoms with van der Waals surface area (Å²) in [6.45, 7) is 0.500. The monoisotopic (exact) mass is 284 g/mol. The summed E-state index contributed by atoms with van der Waals surface area (Å²) in [7, 11) is 1.71. The normalized spacial score (nSPS) is 19.4. The summed E-state index contributed by atoms with van der Waals surface area (Å²) in [5, 5.41) is 14.2. The lowest BCUT2D eigenvalue weighted by Crippen LogP contribution is -2.43. The van der Waals surface area contributed by atoms with Gasteiger partial charge in [0.25, 0.3) is 0 Å². The molecule has 1 unspecified atom stereocenters. The van der Waals surface area contributed by atoms with Crippen LogP contribution in [0.1, 0.15) is 12.8 Å². The second kappa shape index (κ2) is 5.40. The number of hydrogen-bond donors (Lipinski definition) is 1. The largest absolute Gasteiger partial charge is 0.360 e. The molecule has 1 N–H and O–H groups in total. The molecule has 7 nitrogen and oxygen atoms in total. The van der Waals surface area contributed by atoms with E-state index < -0.39 is 4.92 Å². The summed E-state index contributed by atoms with van der Waals surface area (Å²) in [5.41, 5.74) is -0.160. The summed E-state index contributed by atoms with van der Waals surface area (Å²) < 4.78 is 0. The number of piperidine rings is 1. The molecule has 8 heteroatoms. The Labute approximate surface area is 114 Å². The number of anilines is 1. The fourth-order valence-electron chi connectivity index (χ4n) is 2.00. The second-order valence-electron chi connectivity index (χ2n) is 4.43. The summed E-state index contributed by atoms with van der Waals surface area (Å²) in [5.74, 6) is 0.263. The van der Waals surface area contributed by atoms with Crippen LogP contribution in [0.5, 0.6) is 0 Å². The van der Waals surface area contributed by atoms with Crippen molar-refractivity contribution < 1.29 is 9.72 Å². The number of nitro groups is 1. The van der Waals surface area contributed by atoms with Crippen molar-refractivity contribution in [2.24, 2.45) is 0 Å². The highest BCUT2D eigenvalue weighted by atomic mass is 35.5. The van der Waals surface area contributed by atoms with E-state index in [4.69, 9.17) is 11.6 Å². The zero-order valence-electron chi connectivity index (χ0n) is 10.3. The number of carbonyl (C=O) groups is 1. The molecular weight excluding hydrogens is 272 g/mol. The van der Waals surface area contributed by atoms with E-state index >= 15 is 0 Å². The van der Waals surface area contributed by atoms with Crippen LogP contribution in [0.25, 0.3) is 0 Å². The van der Waals surface area contributed by atoms with Gasteiger partial charge in [-0.05, 0) is 6.42 Å². The van der Waals surface area contributed by atoms with Crippen molar-refractivity contribution >= 4 is 29.0 Å². The fourth-order valence-corrected chi connectivity index (χ4v) is 2.15. The number of hydrogen-bond acceptors (Lipinski definition) is 5. The van der Waals surface area contributed by atoms with Crippen LogP contribution in [0.2, 0.25) is 5.02 Å². The van der Waals surface area contributed by atoms with E-state index in [2.05, 4.69) is 10.3 Å². The molecule has 1 amide bonds. The van der Waals surface area contributed by atoms with Crippen molar-refractivity contribution in [3.8, 4) is 0 Å². The number of halogens is 1. The maximum absolute atomic E-state index is 11.4. The number of amides is 1. The SMILES string of the molecule is CN1CC(Nc2ncc(Cl)cc2[N+](=O)[O-])CCC1=O. The fraction of sp³-hybridized carbons (Fsp3) is 0.455. The van der Waals surface area contributed by atoms with Gasteiger partial charge in [0.05, 0.1) is 9.95 Å². The van der Waals surface area contributed by atoms with E-state index in [1.54, 1.807) is 11.9 Å². The Morgan fingerprint density at radius 3 is 3.00 bits per heavy atom. The van der Waals surface area contributed by atoms with Gasteiger partial charge in [0.15, 0.2) is 0 Å². The van der Waals surface area contributed by atoms with Gasteiger partial charge in [-0.25, -0.2) is 4.98 Å². The average molecular weight is 285 g/mol. The minimum Gasteiger partial charge on any atom is -0.360 e. The molecule has 0 saturated carbocycles. The molecule has 19 heavy (non-hydrogen) atoms. The molecule has 1 saturated heterocycles. The summed E-state index contributed by atoms with van der Waals surface area (Å²) in [4.78, 5) is 27.3. The lowest BCUT2D eigenvalue weighted by atomic mass is 10.1. The van der Waals surface area contributed by atoms with E-state index in [0.717, 1.165) is 0 Å². The number of pyridine rings is 1. The van der Waals surface area contributed by atoms with Crippen LogP contribution >= 0.6 is 11.6 Å². The zero-order valence-corrected chi connectivity index (χ0v) is 11.1. The third kappa shape index (κ3) is 3.11. The summed E-state index contributed by atoms with van der Waals surface area (Å²) >= 11 is 5.70. The number of aromatic nitrogens is 1. The molecule has 0 spiro atoms. The Bertz CT molecular complexity index is 523. The number of nitrogens with one attached hydrogen (secondary N) is 1. The lowest BCUT2D eigenvalue weighted by molar-refractivity contribution is -0.384. The van der Waals surface area contributed by atoms with E-state index in [1.807, 2.05) is 0 Å². The highest BCUT2D eigenvalue weighted by molar-refractivity contribution is 6.30. The second-order valence-corrected chi connectivity index (χ2v) is 4.87. The van der Waals surface area contributed by atoms with Crippen molar-refractivity contribution in [2.75, 3.05) is 18.9 Å². The Kier molecular flexibility index (Phi) is 3.84. The lowest BCUT2D eigenvalue weighted by Gasteiger charge is -2.30. The number of nitrogens with zero attached hydrogens (tertiary/aromatic N) is 3. The van der Waals surface area contributed by atoms with E-state index in [1.165, 1.54) is 12.3 Å². The van der Waals surface area contributed by atoms with E-state index in [0.29, 0.717) is 19.4 Å². The molecule has 2 heterocycles. The van der Waals surface area contributed by atoms with Crippen molar-refractivity contribution in [1.82, 2.24) is 9.88 Å². The summed E-state index contributed by atoms with van der Waals surface area (Å²) in [6, 6.07) is 1.21. The standard InChI is InChI=1S/C11H13ClN4O3/c1-15-6-8(2-3-10(15)17)14-11-9(16(18)19)4-7(12)5-13-11/h4-5,8H,2-3,6H2,1H3,(H,13,14). The molecule has 1 aliphatic heterocycles. The van der Waals surface area contributed by atoms with Crippen LogP contribution in [0.3, 0.4) is 0 Å². The van der Waals surface area contributed by atoms with Crippen LogP contribution in [-0.4, -0.2) is 40.3 Å². The minimum absolute atomic E-state index is 0.0462. The van der Waals surface area contributed by atoms with Crippen LogP contribution in [-0.2, 0) is 4.79 Å². The third-order valence-corrected chi connectivity index (χ3v) is 3.21. The van der Waals surface area contributed by atoms with Crippen LogP contribution in [0.4, 0.5) is 11.5 Å². The van der Waals surface area contributed by atoms with Crippen LogP contribution in [0, 0.1) is 10.1 Å². The van der Waals surface area contributed by atoms with Gasteiger partial charge in [0.1, 0.15) is 0 Å². The summed E-state index contributed by atoms with van der Waals surface area (Å²) in [6.07, 6.45) is 2.41. The quantitative estimate of drug-likeness (QED) is 0.674. The predicted octanol–water partition coefficient (Wildman–Crippen LogP) is 1.68. The molecule has 0 aliphatic carbocycles. The Morgan fingerprint density at radius 1 is 1.63 bits per heavy atom. The molecular formula is C11H13ClN4O3. The van der Waals surface area contributed by atoms with Gasteiger partial charge in [0.2, 0.25) is 11.7 Å². The maximum atomic E-state index is 11.4. The topological polar surface area (TPSA) is 88.4 Å². The highest BCUT2D eigenvalue weighted by Gasteiger charge is 2.25. The Hall–Kier alpha value is -1.89. The van der Waals surface area contributed by atoms with Gasteiger partial charge in [0, 0.05) is 38.3 Å². The molecule has 1 fully saturated rings. The van der Waals surface area contributed by atoms with Crippen LogP contribution < -0.4 is 5.32 Å². The molecule has 1 atom stereocenters. The Balaban J connectivity index is 2.15. The van der Waals surface area contributed by atoms with Gasteiger partial charge in [-0.15, -0.1) is 0 Å². The molecule has 2 rings (SSSR count). The minimum atomic E-state index is -0.529. The number of carbonyl (C=O) groups excluding carboxylic acids is 1. The molecule has 0 radical (unpaired) electrons. The van der Waals surface area contributed by atoms with Gasteiger partial charge in [-0.2, -0.15) is 0 Å². The number of rotatable bonds is 3.